The van der Waals surface area contributed by atoms with Crippen LogP contribution in [-0.2, 0) is 4.79 Å². The molecule has 1 aliphatic rings. The topological polar surface area (TPSA) is 38.8 Å². The number of benzene rings is 3. The van der Waals surface area contributed by atoms with E-state index >= 15 is 0 Å². The predicted molar refractivity (Wildman–Crippen MR) is 109 cm³/mol. The number of thioether (sulfide) groups is 1. The molecular weight excluding hydrogens is 358 g/mol. The van der Waals surface area contributed by atoms with Crippen molar-refractivity contribution >= 4 is 23.4 Å². The second-order valence-electron chi connectivity index (χ2n) is 6.11. The molecule has 1 amide bonds. The molecule has 136 valence electrons. The minimum Gasteiger partial charge on any atom is -0.497 e. The van der Waals surface area contributed by atoms with Crippen LogP contribution in [0.4, 0.5) is 5.69 Å². The molecule has 4 rings (SSSR count). The molecule has 5 heteroatoms. The van der Waals surface area contributed by atoms with Gasteiger partial charge in [-0.3, -0.25) is 9.69 Å². The van der Waals surface area contributed by atoms with E-state index in [1.165, 1.54) is 0 Å². The Labute approximate surface area is 162 Å². The highest BCUT2D eigenvalue weighted by Crippen LogP contribution is 2.42. The van der Waals surface area contributed by atoms with Crippen LogP contribution in [0.15, 0.2) is 78.9 Å². The maximum absolute atomic E-state index is 12.5. The van der Waals surface area contributed by atoms with Gasteiger partial charge in [-0.05, 0) is 54.1 Å². The quantitative estimate of drug-likeness (QED) is 0.607. The molecule has 3 aromatic rings. The first-order valence-corrected chi connectivity index (χ1v) is 9.70. The number of rotatable bonds is 5. The Morgan fingerprint density at radius 2 is 1.48 bits per heavy atom. The summed E-state index contributed by atoms with van der Waals surface area (Å²) in [6, 6.07) is 25.2. The van der Waals surface area contributed by atoms with Gasteiger partial charge < -0.3 is 9.47 Å². The molecule has 3 aromatic carbocycles. The van der Waals surface area contributed by atoms with Gasteiger partial charge in [0.25, 0.3) is 0 Å². The molecule has 1 heterocycles. The monoisotopic (exact) mass is 377 g/mol. The lowest BCUT2D eigenvalue weighted by Gasteiger charge is -2.24. The van der Waals surface area contributed by atoms with Gasteiger partial charge in [-0.2, -0.15) is 0 Å². The Kier molecular flexibility index (Phi) is 5.03. The molecule has 1 atom stereocenters. The first-order valence-electron chi connectivity index (χ1n) is 8.65. The lowest BCUT2D eigenvalue weighted by molar-refractivity contribution is -0.115. The molecule has 0 aliphatic carbocycles. The van der Waals surface area contributed by atoms with Crippen LogP contribution < -0.4 is 14.4 Å². The van der Waals surface area contributed by atoms with E-state index in [-0.39, 0.29) is 11.3 Å². The molecule has 0 radical (unpaired) electrons. The van der Waals surface area contributed by atoms with Gasteiger partial charge in [-0.15, -0.1) is 11.8 Å². The molecule has 4 nitrogen and oxygen atoms in total. The van der Waals surface area contributed by atoms with Crippen molar-refractivity contribution in [1.82, 2.24) is 0 Å². The van der Waals surface area contributed by atoms with E-state index in [4.69, 9.17) is 9.47 Å². The number of carbonyl (C=O) groups excluding carboxylic acids is 1. The number of anilines is 1. The average Bonchev–Trinajstić information content (AvgIpc) is 3.11. The van der Waals surface area contributed by atoms with Crippen molar-refractivity contribution in [3.8, 4) is 17.2 Å². The number of para-hydroxylation sites is 1. The molecule has 27 heavy (non-hydrogen) atoms. The van der Waals surface area contributed by atoms with Gasteiger partial charge in [-0.1, -0.05) is 30.3 Å². The number of methoxy groups -OCH3 is 1. The number of hydrogen-bond acceptors (Lipinski definition) is 4. The van der Waals surface area contributed by atoms with Crippen LogP contribution >= 0.6 is 11.8 Å². The fourth-order valence-electron chi connectivity index (χ4n) is 3.02. The van der Waals surface area contributed by atoms with Crippen molar-refractivity contribution in [2.45, 2.75) is 5.37 Å². The van der Waals surface area contributed by atoms with Crippen molar-refractivity contribution in [3.63, 3.8) is 0 Å². The second-order valence-corrected chi connectivity index (χ2v) is 7.18. The molecule has 1 fully saturated rings. The summed E-state index contributed by atoms with van der Waals surface area (Å²) in [5.41, 5.74) is 1.95. The third-order valence-electron chi connectivity index (χ3n) is 4.36. The van der Waals surface area contributed by atoms with E-state index in [1.807, 2.05) is 83.8 Å². The number of hydrogen-bond donors (Lipinski definition) is 0. The third-order valence-corrected chi connectivity index (χ3v) is 5.57. The van der Waals surface area contributed by atoms with Crippen LogP contribution in [0.2, 0.25) is 0 Å². The fraction of sp³-hybridized carbons (Fsp3) is 0.136. The van der Waals surface area contributed by atoms with Gasteiger partial charge in [0.05, 0.1) is 12.9 Å². The van der Waals surface area contributed by atoms with Crippen LogP contribution in [0.1, 0.15) is 10.9 Å². The van der Waals surface area contributed by atoms with Crippen LogP contribution in [0.3, 0.4) is 0 Å². The van der Waals surface area contributed by atoms with E-state index in [0.717, 1.165) is 28.5 Å². The Morgan fingerprint density at radius 3 is 2.15 bits per heavy atom. The smallest absolute Gasteiger partial charge is 0.238 e. The van der Waals surface area contributed by atoms with Crippen LogP contribution in [-0.4, -0.2) is 18.8 Å². The summed E-state index contributed by atoms with van der Waals surface area (Å²) in [7, 11) is 1.63. The standard InChI is InChI=1S/C22H19NO3S/c1-25-18-13-9-17(10-14-18)23-21(24)15-27-22(23)16-7-11-20(12-8-16)26-19-5-3-2-4-6-19/h2-14,22H,15H2,1H3. The Hall–Kier alpha value is -2.92. The minimum atomic E-state index is -0.0447. The molecule has 0 N–H and O–H groups in total. The van der Waals surface area contributed by atoms with Crippen LogP contribution in [0.5, 0.6) is 17.2 Å². The minimum absolute atomic E-state index is 0.0447. The summed E-state index contributed by atoms with van der Waals surface area (Å²) in [5.74, 6) is 2.93. The van der Waals surface area contributed by atoms with E-state index in [2.05, 4.69) is 0 Å². The largest absolute Gasteiger partial charge is 0.497 e. The van der Waals surface area contributed by atoms with E-state index in [9.17, 15) is 4.79 Å². The second kappa shape index (κ2) is 7.76. The van der Waals surface area contributed by atoms with Gasteiger partial charge in [0.2, 0.25) is 5.91 Å². The molecule has 0 bridgehead atoms. The van der Waals surface area contributed by atoms with Crippen molar-refractivity contribution in [3.05, 3.63) is 84.4 Å². The zero-order valence-corrected chi connectivity index (χ0v) is 15.7. The summed E-state index contributed by atoms with van der Waals surface area (Å²) in [4.78, 5) is 14.3. The molecular formula is C22H19NO3S. The summed E-state index contributed by atoms with van der Waals surface area (Å²) < 4.78 is 11.1. The van der Waals surface area contributed by atoms with E-state index in [0.29, 0.717) is 5.75 Å². The highest BCUT2D eigenvalue weighted by Gasteiger charge is 2.34. The zero-order chi connectivity index (χ0) is 18.6. The first-order chi connectivity index (χ1) is 13.2. The van der Waals surface area contributed by atoms with Gasteiger partial charge in [0, 0.05) is 5.69 Å². The molecule has 1 unspecified atom stereocenters. The van der Waals surface area contributed by atoms with Crippen molar-refractivity contribution < 1.29 is 14.3 Å². The lowest BCUT2D eigenvalue weighted by Crippen LogP contribution is -2.27. The first kappa shape index (κ1) is 17.5. The summed E-state index contributed by atoms with van der Waals surface area (Å²) in [6.07, 6.45) is 0. The highest BCUT2D eigenvalue weighted by atomic mass is 32.2. The fourth-order valence-corrected chi connectivity index (χ4v) is 4.20. The van der Waals surface area contributed by atoms with Gasteiger partial charge in [-0.25, -0.2) is 0 Å². The molecule has 1 aliphatic heterocycles. The van der Waals surface area contributed by atoms with Crippen LogP contribution in [0.25, 0.3) is 0 Å². The average molecular weight is 377 g/mol. The Bertz CT molecular complexity index is 911. The third kappa shape index (κ3) is 3.78. The number of nitrogens with zero attached hydrogens (tertiary/aromatic N) is 1. The number of ether oxygens (including phenoxy) is 2. The van der Waals surface area contributed by atoms with E-state index < -0.39 is 0 Å². The van der Waals surface area contributed by atoms with Gasteiger partial charge in [0.15, 0.2) is 0 Å². The predicted octanol–water partition coefficient (Wildman–Crippen LogP) is 5.27. The highest BCUT2D eigenvalue weighted by molar-refractivity contribution is 8.00. The Morgan fingerprint density at radius 1 is 0.852 bits per heavy atom. The normalized spacial score (nSPS) is 16.4. The van der Waals surface area contributed by atoms with Crippen molar-refractivity contribution in [1.29, 1.82) is 0 Å². The summed E-state index contributed by atoms with van der Waals surface area (Å²) in [6.45, 7) is 0. The van der Waals surface area contributed by atoms with Gasteiger partial charge in [0.1, 0.15) is 22.6 Å². The van der Waals surface area contributed by atoms with Crippen molar-refractivity contribution in [2.24, 2.45) is 0 Å². The molecule has 0 spiro atoms. The van der Waals surface area contributed by atoms with E-state index in [1.54, 1.807) is 18.9 Å². The zero-order valence-electron chi connectivity index (χ0n) is 14.9. The SMILES string of the molecule is COc1ccc(N2C(=O)CSC2c2ccc(Oc3ccccc3)cc2)cc1. The molecule has 0 aromatic heterocycles. The molecule has 1 saturated heterocycles. The van der Waals surface area contributed by atoms with Crippen LogP contribution in [0, 0.1) is 0 Å². The lowest BCUT2D eigenvalue weighted by atomic mass is 10.1. The maximum Gasteiger partial charge on any atom is 0.238 e. The summed E-state index contributed by atoms with van der Waals surface area (Å²) in [5, 5.41) is -0.0447. The number of amides is 1. The van der Waals surface area contributed by atoms with Gasteiger partial charge >= 0.3 is 0 Å². The summed E-state index contributed by atoms with van der Waals surface area (Å²) >= 11 is 1.63. The van der Waals surface area contributed by atoms with Crippen molar-refractivity contribution in [2.75, 3.05) is 17.8 Å². The Balaban J connectivity index is 1.55. The number of carbonyl (C=O) groups is 1. The molecule has 0 saturated carbocycles. The maximum atomic E-state index is 12.5.